The Morgan fingerprint density at radius 3 is 2.58 bits per heavy atom. The van der Waals surface area contributed by atoms with Crippen molar-refractivity contribution in [3.63, 3.8) is 0 Å². The number of benzene rings is 1. The molecule has 2 aliphatic rings. The molecular weight excluding hydrogens is 324 g/mol. The molecule has 1 aromatic carbocycles. The van der Waals surface area contributed by atoms with Gasteiger partial charge < -0.3 is 15.3 Å². The lowest BCUT2D eigenvalue weighted by Gasteiger charge is -2.48. The number of carbonyl (C=O) groups excluding carboxylic acids is 1. The van der Waals surface area contributed by atoms with Crippen molar-refractivity contribution in [1.82, 2.24) is 10.2 Å². The highest BCUT2D eigenvalue weighted by Gasteiger charge is 2.36. The minimum absolute atomic E-state index is 0.0192. The van der Waals surface area contributed by atoms with Crippen molar-refractivity contribution in [3.05, 3.63) is 53.4 Å². The maximum absolute atomic E-state index is 12.4. The van der Waals surface area contributed by atoms with E-state index in [-0.39, 0.29) is 29.0 Å². The van der Waals surface area contributed by atoms with Crippen LogP contribution >= 0.6 is 0 Å². The Bertz CT molecular complexity index is 752. The monoisotopic (exact) mass is 354 g/mol. The van der Waals surface area contributed by atoms with Crippen LogP contribution in [0.25, 0.3) is 0 Å². The first kappa shape index (κ1) is 18.6. The van der Waals surface area contributed by atoms with E-state index in [1.165, 1.54) is 19.3 Å². The fourth-order valence-corrected chi connectivity index (χ4v) is 3.54. The highest BCUT2D eigenvalue weighted by molar-refractivity contribution is 5.81. The highest BCUT2D eigenvalue weighted by Crippen LogP contribution is 2.38. The van der Waals surface area contributed by atoms with Crippen molar-refractivity contribution in [2.75, 3.05) is 6.54 Å². The van der Waals surface area contributed by atoms with Crippen LogP contribution in [0.3, 0.4) is 0 Å². The SMILES string of the molecule is CC(C)(C)c1ccc(O)c(CC(=O)NC2=CCN(C3(C)CCC3)C=C2)c1. The first-order chi connectivity index (χ1) is 12.2. The van der Waals surface area contributed by atoms with Crippen LogP contribution in [-0.2, 0) is 16.6 Å². The summed E-state index contributed by atoms with van der Waals surface area (Å²) in [6, 6.07) is 5.53. The third kappa shape index (κ3) is 3.95. The molecule has 0 unspecified atom stereocenters. The predicted octanol–water partition coefficient (Wildman–Crippen LogP) is 4.00. The molecule has 4 heteroatoms. The number of carbonyl (C=O) groups is 1. The normalized spacial score (nSPS) is 18.9. The Kier molecular flexibility index (Phi) is 4.87. The molecule has 0 atom stereocenters. The molecular formula is C22H30N2O2. The largest absolute Gasteiger partial charge is 0.508 e. The average molecular weight is 354 g/mol. The molecule has 1 heterocycles. The number of nitrogens with one attached hydrogen (secondary N) is 1. The van der Waals surface area contributed by atoms with E-state index >= 15 is 0 Å². The summed E-state index contributed by atoms with van der Waals surface area (Å²) in [5.41, 5.74) is 2.87. The summed E-state index contributed by atoms with van der Waals surface area (Å²) < 4.78 is 0. The van der Waals surface area contributed by atoms with Gasteiger partial charge in [-0.25, -0.2) is 0 Å². The number of rotatable bonds is 4. The molecule has 1 fully saturated rings. The number of nitrogens with zero attached hydrogens (tertiary/aromatic N) is 1. The lowest BCUT2D eigenvalue weighted by atomic mass is 9.77. The minimum Gasteiger partial charge on any atom is -0.508 e. The number of aromatic hydroxyl groups is 1. The second-order valence-corrected chi connectivity index (χ2v) is 8.80. The number of phenols is 1. The molecule has 4 nitrogen and oxygen atoms in total. The molecule has 1 saturated carbocycles. The number of phenolic OH excluding ortho intramolecular Hbond substituents is 1. The van der Waals surface area contributed by atoms with Gasteiger partial charge in [-0.15, -0.1) is 0 Å². The molecule has 1 aliphatic carbocycles. The third-order valence-electron chi connectivity index (χ3n) is 5.65. The molecule has 0 bridgehead atoms. The zero-order valence-electron chi connectivity index (χ0n) is 16.3. The molecule has 1 aromatic rings. The van der Waals surface area contributed by atoms with Gasteiger partial charge in [-0.1, -0.05) is 32.9 Å². The van der Waals surface area contributed by atoms with Crippen LogP contribution in [0.1, 0.15) is 58.1 Å². The quantitative estimate of drug-likeness (QED) is 0.859. The summed E-state index contributed by atoms with van der Waals surface area (Å²) in [6.45, 7) is 9.48. The first-order valence-electron chi connectivity index (χ1n) is 9.45. The molecule has 0 saturated heterocycles. The van der Waals surface area contributed by atoms with Gasteiger partial charge in [-0.3, -0.25) is 4.79 Å². The van der Waals surface area contributed by atoms with Crippen molar-refractivity contribution < 1.29 is 9.90 Å². The van der Waals surface area contributed by atoms with E-state index in [0.717, 1.165) is 17.8 Å². The van der Waals surface area contributed by atoms with Crippen LogP contribution in [0.5, 0.6) is 5.75 Å². The van der Waals surface area contributed by atoms with Crippen molar-refractivity contribution in [3.8, 4) is 5.75 Å². The van der Waals surface area contributed by atoms with Gasteiger partial charge in [0.2, 0.25) is 5.91 Å². The fourth-order valence-electron chi connectivity index (χ4n) is 3.54. The lowest BCUT2D eigenvalue weighted by Crippen LogP contribution is -2.49. The van der Waals surface area contributed by atoms with Gasteiger partial charge in [0, 0.05) is 29.5 Å². The third-order valence-corrected chi connectivity index (χ3v) is 5.65. The number of allylic oxidation sites excluding steroid dienone is 1. The van der Waals surface area contributed by atoms with Crippen LogP contribution < -0.4 is 5.32 Å². The van der Waals surface area contributed by atoms with Gasteiger partial charge in [-0.05, 0) is 55.4 Å². The van der Waals surface area contributed by atoms with E-state index in [2.05, 4.69) is 50.2 Å². The van der Waals surface area contributed by atoms with Gasteiger partial charge in [0.1, 0.15) is 5.75 Å². The standard InChI is InChI=1S/C22H30N2O2/c1-21(2,3)17-6-7-19(25)16(14-17)15-20(26)23-18-8-12-24(13-9-18)22(4)10-5-11-22/h6-9,12,14,25H,5,10-11,13,15H2,1-4H3,(H,23,26). The summed E-state index contributed by atoms with van der Waals surface area (Å²) in [5, 5.41) is 13.1. The van der Waals surface area contributed by atoms with E-state index in [1.807, 2.05) is 18.2 Å². The van der Waals surface area contributed by atoms with Gasteiger partial charge in [0.25, 0.3) is 0 Å². The van der Waals surface area contributed by atoms with Crippen LogP contribution in [0.4, 0.5) is 0 Å². The summed E-state index contributed by atoms with van der Waals surface area (Å²) in [6.07, 6.45) is 10.1. The molecule has 0 radical (unpaired) electrons. The first-order valence-corrected chi connectivity index (χ1v) is 9.45. The fraction of sp³-hybridized carbons (Fsp3) is 0.500. The Balaban J connectivity index is 1.61. The topological polar surface area (TPSA) is 52.6 Å². The van der Waals surface area contributed by atoms with Crippen LogP contribution in [-0.4, -0.2) is 28.0 Å². The zero-order valence-corrected chi connectivity index (χ0v) is 16.3. The van der Waals surface area contributed by atoms with Crippen molar-refractivity contribution in [1.29, 1.82) is 0 Å². The van der Waals surface area contributed by atoms with Gasteiger partial charge in [-0.2, -0.15) is 0 Å². The molecule has 0 spiro atoms. The molecule has 3 rings (SSSR count). The summed E-state index contributed by atoms with van der Waals surface area (Å²) in [4.78, 5) is 14.8. The molecule has 140 valence electrons. The average Bonchev–Trinajstić information content (AvgIpc) is 2.54. The molecule has 0 aromatic heterocycles. The van der Waals surface area contributed by atoms with E-state index in [1.54, 1.807) is 6.07 Å². The van der Waals surface area contributed by atoms with Crippen molar-refractivity contribution >= 4 is 5.91 Å². The minimum atomic E-state index is -0.106. The van der Waals surface area contributed by atoms with Gasteiger partial charge in [0.15, 0.2) is 0 Å². The summed E-state index contributed by atoms with van der Waals surface area (Å²) in [5.74, 6) is 0.0657. The summed E-state index contributed by atoms with van der Waals surface area (Å²) >= 11 is 0. The molecule has 1 amide bonds. The van der Waals surface area contributed by atoms with Crippen LogP contribution in [0.2, 0.25) is 0 Å². The zero-order chi connectivity index (χ0) is 18.9. The second-order valence-electron chi connectivity index (χ2n) is 8.80. The maximum atomic E-state index is 12.4. The Hall–Kier alpha value is -2.23. The number of amides is 1. The van der Waals surface area contributed by atoms with E-state index in [0.29, 0.717) is 5.56 Å². The van der Waals surface area contributed by atoms with E-state index < -0.39 is 0 Å². The Labute approximate surface area is 156 Å². The van der Waals surface area contributed by atoms with Gasteiger partial charge >= 0.3 is 0 Å². The van der Waals surface area contributed by atoms with Crippen molar-refractivity contribution in [2.24, 2.45) is 0 Å². The van der Waals surface area contributed by atoms with Gasteiger partial charge in [0.05, 0.1) is 6.42 Å². The van der Waals surface area contributed by atoms with E-state index in [4.69, 9.17) is 0 Å². The van der Waals surface area contributed by atoms with Crippen LogP contribution in [0, 0.1) is 0 Å². The maximum Gasteiger partial charge on any atom is 0.228 e. The molecule has 1 aliphatic heterocycles. The van der Waals surface area contributed by atoms with Crippen molar-refractivity contribution in [2.45, 2.75) is 64.3 Å². The van der Waals surface area contributed by atoms with Crippen LogP contribution in [0.15, 0.2) is 42.2 Å². The lowest BCUT2D eigenvalue weighted by molar-refractivity contribution is -0.119. The number of hydrogen-bond acceptors (Lipinski definition) is 3. The molecule has 2 N–H and O–H groups in total. The van der Waals surface area contributed by atoms with E-state index in [9.17, 15) is 9.90 Å². The second kappa shape index (κ2) is 6.82. The number of hydrogen-bond donors (Lipinski definition) is 2. The smallest absolute Gasteiger partial charge is 0.228 e. The summed E-state index contributed by atoms with van der Waals surface area (Å²) in [7, 11) is 0. The Morgan fingerprint density at radius 2 is 2.04 bits per heavy atom. The Morgan fingerprint density at radius 1 is 1.31 bits per heavy atom. The predicted molar refractivity (Wildman–Crippen MR) is 105 cm³/mol. The highest BCUT2D eigenvalue weighted by atomic mass is 16.3. The molecule has 26 heavy (non-hydrogen) atoms.